The first-order valence-electron chi connectivity index (χ1n) is 16.1. The molecule has 2 aliphatic heterocycles. The number of rotatable bonds is 2. The number of carbonyl (C=O) groups is 2. The van der Waals surface area contributed by atoms with Crippen LogP contribution in [0.5, 0.6) is 5.75 Å². The molecule has 0 radical (unpaired) electrons. The van der Waals surface area contributed by atoms with E-state index < -0.39 is 33.7 Å². The molecule has 0 spiro atoms. The van der Waals surface area contributed by atoms with Crippen molar-refractivity contribution in [3.8, 4) is 5.75 Å². The Balaban J connectivity index is 1.37. The van der Waals surface area contributed by atoms with Gasteiger partial charge >= 0.3 is 6.09 Å². The number of benzene rings is 2. The lowest BCUT2D eigenvalue weighted by atomic mass is 9.70. The van der Waals surface area contributed by atoms with Crippen LogP contribution in [0.25, 0.3) is 0 Å². The number of carbonyl (C=O) groups excluding carboxylic acids is 2. The number of ether oxygens (including phenoxy) is 3. The molecule has 0 saturated heterocycles. The van der Waals surface area contributed by atoms with E-state index >= 15 is 0 Å². The number of aryl methyl sites for hydroxylation is 1. The lowest BCUT2D eigenvalue weighted by Gasteiger charge is -2.43. The second-order valence-electron chi connectivity index (χ2n) is 13.2. The first-order chi connectivity index (χ1) is 22.0. The molecule has 2 aromatic rings. The van der Waals surface area contributed by atoms with Crippen molar-refractivity contribution in [1.29, 1.82) is 0 Å². The number of nitrogens with zero attached hydrogens (tertiary/aromatic N) is 1. The summed E-state index contributed by atoms with van der Waals surface area (Å²) in [5, 5.41) is 3.60. The Morgan fingerprint density at radius 2 is 1.91 bits per heavy atom. The summed E-state index contributed by atoms with van der Waals surface area (Å²) in [5.41, 5.74) is 1.35. The van der Waals surface area contributed by atoms with Crippen molar-refractivity contribution in [2.75, 3.05) is 24.6 Å². The Kier molecular flexibility index (Phi) is 9.55. The normalized spacial score (nSPS) is 26.8. The standard InChI is InChI=1S/C34H42ClN3O7S/c1-34(2)32(39)37-46(41,42)27-13-15-31-29(19-27)38(16-4-3-6-22-18-25(35)10-8-24(22)21-43-31)20-23-9-14-28(23)30(7-5-17-44-34)45-33(40)36-26-11-12-26/h5,7-8,10,13,15,18-19,23,26,28,30H,3-4,6,9,11-12,14,16-17,20-21H2,1-2H3,(H,36,40)(H,37,39)/b7-5+/t23-,28+,30-/m0/s1. The van der Waals surface area contributed by atoms with Crippen molar-refractivity contribution in [3.05, 3.63) is 64.7 Å². The minimum Gasteiger partial charge on any atom is -0.487 e. The number of nitrogens with one attached hydrogen (secondary N) is 2. The molecule has 248 valence electrons. The number of sulfonamides is 1. The number of hydrogen-bond donors (Lipinski definition) is 2. The SMILES string of the molecule is CC1(C)OC/C=C/[C@H](OC(=O)NC2CC2)[C@@H]2CC[C@H]2CN2CCCCc3cc(Cl)ccc3COc3ccc(cc32)S(=O)(=O)NC1=O. The van der Waals surface area contributed by atoms with Crippen LogP contribution >= 0.6 is 11.6 Å². The minimum atomic E-state index is -4.23. The second-order valence-corrected chi connectivity index (χ2v) is 15.3. The quantitative estimate of drug-likeness (QED) is 0.401. The van der Waals surface area contributed by atoms with E-state index in [0.29, 0.717) is 36.2 Å². The molecule has 10 nitrogen and oxygen atoms in total. The van der Waals surface area contributed by atoms with Gasteiger partial charge in [-0.15, -0.1) is 0 Å². The zero-order valence-corrected chi connectivity index (χ0v) is 27.9. The molecule has 0 unspecified atom stereocenters. The molecular weight excluding hydrogens is 630 g/mol. The summed E-state index contributed by atoms with van der Waals surface area (Å²) in [6.45, 7) is 4.66. The molecule has 2 N–H and O–H groups in total. The number of fused-ring (bicyclic) bond motifs is 3. The number of amides is 2. The Morgan fingerprint density at radius 3 is 2.67 bits per heavy atom. The fourth-order valence-electron chi connectivity index (χ4n) is 6.26. The molecule has 6 rings (SSSR count). The fraction of sp³-hybridized carbons (Fsp3) is 0.529. The van der Waals surface area contributed by atoms with Crippen LogP contribution < -0.4 is 19.7 Å². The first kappa shape index (κ1) is 32.7. The van der Waals surface area contributed by atoms with Crippen LogP contribution in [0.15, 0.2) is 53.4 Å². The van der Waals surface area contributed by atoms with Gasteiger partial charge in [-0.05, 0) is 112 Å². The van der Waals surface area contributed by atoms with Gasteiger partial charge in [0, 0.05) is 30.1 Å². The Bertz CT molecular complexity index is 1610. The van der Waals surface area contributed by atoms with Crippen LogP contribution in [0.2, 0.25) is 5.02 Å². The van der Waals surface area contributed by atoms with E-state index in [-0.39, 0.29) is 29.4 Å². The molecule has 46 heavy (non-hydrogen) atoms. The third-order valence-corrected chi connectivity index (χ3v) is 11.0. The van der Waals surface area contributed by atoms with Gasteiger partial charge in [0.2, 0.25) is 0 Å². The van der Waals surface area contributed by atoms with E-state index in [0.717, 1.165) is 56.1 Å². The summed E-state index contributed by atoms with van der Waals surface area (Å²) in [5.74, 6) is 0.00246. The molecule has 12 heteroatoms. The first-order valence-corrected chi connectivity index (χ1v) is 18.0. The Morgan fingerprint density at radius 1 is 1.09 bits per heavy atom. The van der Waals surface area contributed by atoms with Crippen LogP contribution in [0.4, 0.5) is 10.5 Å². The van der Waals surface area contributed by atoms with Gasteiger partial charge in [0.1, 0.15) is 24.1 Å². The van der Waals surface area contributed by atoms with Gasteiger partial charge in [-0.2, -0.15) is 0 Å². The smallest absolute Gasteiger partial charge is 0.407 e. The molecule has 2 saturated carbocycles. The molecule has 2 fully saturated rings. The van der Waals surface area contributed by atoms with Crippen LogP contribution in [0, 0.1) is 11.8 Å². The molecule has 2 heterocycles. The highest BCUT2D eigenvalue weighted by Crippen LogP contribution is 2.42. The fourth-order valence-corrected chi connectivity index (χ4v) is 7.58. The van der Waals surface area contributed by atoms with Gasteiger partial charge in [-0.1, -0.05) is 23.7 Å². The maximum absolute atomic E-state index is 13.5. The molecule has 4 aliphatic rings. The van der Waals surface area contributed by atoms with E-state index in [1.54, 1.807) is 18.2 Å². The van der Waals surface area contributed by atoms with Crippen molar-refractivity contribution >= 4 is 39.3 Å². The summed E-state index contributed by atoms with van der Waals surface area (Å²) in [6.07, 6.45) is 9.02. The average Bonchev–Trinajstić information content (AvgIpc) is 3.80. The predicted octanol–water partition coefficient (Wildman–Crippen LogP) is 5.52. The van der Waals surface area contributed by atoms with Crippen molar-refractivity contribution in [2.45, 2.75) is 88.0 Å². The number of anilines is 1. The second kappa shape index (κ2) is 13.4. The van der Waals surface area contributed by atoms with Crippen LogP contribution in [-0.2, 0) is 37.3 Å². The van der Waals surface area contributed by atoms with E-state index in [9.17, 15) is 18.0 Å². The van der Waals surface area contributed by atoms with Crippen LogP contribution in [0.1, 0.15) is 63.5 Å². The summed E-state index contributed by atoms with van der Waals surface area (Å²) < 4.78 is 47.4. The van der Waals surface area contributed by atoms with Crippen LogP contribution in [0.3, 0.4) is 0 Å². The molecule has 2 aromatic carbocycles. The van der Waals surface area contributed by atoms with Gasteiger partial charge < -0.3 is 24.4 Å². The monoisotopic (exact) mass is 671 g/mol. The lowest BCUT2D eigenvalue weighted by Crippen LogP contribution is -2.47. The highest BCUT2D eigenvalue weighted by atomic mass is 35.5. The van der Waals surface area contributed by atoms with Gasteiger partial charge in [0.05, 0.1) is 17.2 Å². The highest BCUT2D eigenvalue weighted by molar-refractivity contribution is 7.90. The average molecular weight is 672 g/mol. The van der Waals surface area contributed by atoms with E-state index in [1.807, 2.05) is 24.3 Å². The van der Waals surface area contributed by atoms with Crippen molar-refractivity contribution in [2.24, 2.45) is 11.8 Å². The Labute approximate surface area is 275 Å². The number of hydrogen-bond acceptors (Lipinski definition) is 8. The maximum Gasteiger partial charge on any atom is 0.407 e. The van der Waals surface area contributed by atoms with Crippen molar-refractivity contribution in [3.63, 3.8) is 0 Å². The van der Waals surface area contributed by atoms with Crippen molar-refractivity contribution < 1.29 is 32.2 Å². The summed E-state index contributed by atoms with van der Waals surface area (Å²) in [4.78, 5) is 28.1. The predicted molar refractivity (Wildman–Crippen MR) is 175 cm³/mol. The summed E-state index contributed by atoms with van der Waals surface area (Å²) in [7, 11) is -4.23. The molecule has 2 amide bonds. The number of alkyl carbamates (subject to hydrolysis) is 1. The molecular formula is C34H42ClN3O7S. The van der Waals surface area contributed by atoms with E-state index in [2.05, 4.69) is 14.9 Å². The molecule has 3 atom stereocenters. The zero-order chi connectivity index (χ0) is 32.5. The van der Waals surface area contributed by atoms with Gasteiger partial charge in [-0.25, -0.2) is 17.9 Å². The topological polar surface area (TPSA) is 123 Å². The number of halogens is 1. The maximum atomic E-state index is 13.5. The molecule has 0 aromatic heterocycles. The third kappa shape index (κ3) is 7.64. The van der Waals surface area contributed by atoms with E-state index in [1.165, 1.54) is 19.9 Å². The summed E-state index contributed by atoms with van der Waals surface area (Å²) in [6, 6.07) is 10.7. The van der Waals surface area contributed by atoms with E-state index in [4.69, 9.17) is 25.8 Å². The van der Waals surface area contributed by atoms with Gasteiger partial charge in [-0.3, -0.25) is 4.79 Å². The van der Waals surface area contributed by atoms with Crippen molar-refractivity contribution in [1.82, 2.24) is 10.0 Å². The highest BCUT2D eigenvalue weighted by Gasteiger charge is 2.40. The largest absolute Gasteiger partial charge is 0.487 e. The minimum absolute atomic E-state index is 0.0396. The van der Waals surface area contributed by atoms with Gasteiger partial charge in [0.15, 0.2) is 0 Å². The zero-order valence-electron chi connectivity index (χ0n) is 26.3. The Hall–Kier alpha value is -3.28. The third-order valence-electron chi connectivity index (χ3n) is 9.39. The van der Waals surface area contributed by atoms with Crippen LogP contribution in [-0.4, -0.2) is 57.9 Å². The summed E-state index contributed by atoms with van der Waals surface area (Å²) >= 11 is 6.33. The lowest BCUT2D eigenvalue weighted by molar-refractivity contribution is -0.139. The molecule has 2 bridgehead atoms. The molecule has 2 aliphatic carbocycles. The van der Waals surface area contributed by atoms with Gasteiger partial charge in [0.25, 0.3) is 15.9 Å².